The van der Waals surface area contributed by atoms with Crippen LogP contribution in [-0.2, 0) is 0 Å². The predicted octanol–water partition coefficient (Wildman–Crippen LogP) is 2.05. The standard InChI is InChI=1S/C19H16N2O5/c22-14-7-3-1-5-12(14)11-20-9-10-21-18(24)16-17(23)13-6-2-4-8-15(13)26-19(16)25/h1-8,11,22-23H,9-10H2,(H,21,24). The first-order chi connectivity index (χ1) is 12.6. The van der Waals surface area contributed by atoms with Crippen molar-refractivity contribution < 1.29 is 19.4 Å². The van der Waals surface area contributed by atoms with Gasteiger partial charge in [0.2, 0.25) is 0 Å². The molecule has 0 fully saturated rings. The number of fused-ring (bicyclic) bond motifs is 1. The van der Waals surface area contributed by atoms with Crippen molar-refractivity contribution in [1.29, 1.82) is 0 Å². The van der Waals surface area contributed by atoms with Gasteiger partial charge < -0.3 is 19.9 Å². The molecule has 0 aliphatic carbocycles. The van der Waals surface area contributed by atoms with Gasteiger partial charge >= 0.3 is 5.63 Å². The summed E-state index contributed by atoms with van der Waals surface area (Å²) in [5.74, 6) is -1.04. The molecular weight excluding hydrogens is 336 g/mol. The smallest absolute Gasteiger partial charge is 0.353 e. The van der Waals surface area contributed by atoms with Gasteiger partial charge in [0.25, 0.3) is 5.91 Å². The SMILES string of the molecule is O=C(NCCN=Cc1ccccc1O)c1c(O)c2ccccc2oc1=O. The number of amides is 1. The topological polar surface area (TPSA) is 112 Å². The van der Waals surface area contributed by atoms with Crippen molar-refractivity contribution in [3.8, 4) is 11.5 Å². The Labute approximate surface area is 148 Å². The molecule has 0 bridgehead atoms. The molecule has 3 aromatic rings. The van der Waals surface area contributed by atoms with E-state index in [1.807, 2.05) is 0 Å². The van der Waals surface area contributed by atoms with Gasteiger partial charge in [-0.3, -0.25) is 9.79 Å². The van der Waals surface area contributed by atoms with Crippen LogP contribution in [0.4, 0.5) is 0 Å². The number of hydrogen-bond acceptors (Lipinski definition) is 6. The van der Waals surface area contributed by atoms with Gasteiger partial charge in [-0.05, 0) is 24.3 Å². The second-order valence-corrected chi connectivity index (χ2v) is 5.46. The fourth-order valence-corrected chi connectivity index (χ4v) is 2.42. The van der Waals surface area contributed by atoms with Crippen molar-refractivity contribution >= 4 is 23.1 Å². The maximum atomic E-state index is 12.2. The molecule has 7 heteroatoms. The maximum absolute atomic E-state index is 12.2. The Morgan fingerprint density at radius 1 is 1.12 bits per heavy atom. The monoisotopic (exact) mass is 352 g/mol. The first-order valence-corrected chi connectivity index (χ1v) is 7.89. The zero-order valence-electron chi connectivity index (χ0n) is 13.7. The Bertz CT molecular complexity index is 1040. The van der Waals surface area contributed by atoms with E-state index >= 15 is 0 Å². The third-order valence-electron chi connectivity index (χ3n) is 3.71. The number of nitrogens with one attached hydrogen (secondary N) is 1. The normalized spacial score (nSPS) is 11.1. The van der Waals surface area contributed by atoms with Crippen LogP contribution in [0, 0.1) is 0 Å². The molecule has 0 aliphatic rings. The molecule has 2 aromatic carbocycles. The fourth-order valence-electron chi connectivity index (χ4n) is 2.42. The summed E-state index contributed by atoms with van der Waals surface area (Å²) in [6, 6.07) is 13.1. The summed E-state index contributed by atoms with van der Waals surface area (Å²) in [5.41, 5.74) is -0.574. The van der Waals surface area contributed by atoms with Gasteiger partial charge in [-0.2, -0.15) is 0 Å². The number of aromatic hydroxyl groups is 2. The second-order valence-electron chi connectivity index (χ2n) is 5.46. The third-order valence-corrected chi connectivity index (χ3v) is 3.71. The van der Waals surface area contributed by atoms with Crippen molar-refractivity contribution in [2.24, 2.45) is 4.99 Å². The van der Waals surface area contributed by atoms with Gasteiger partial charge in [0.15, 0.2) is 5.56 Å². The Hall–Kier alpha value is -3.61. The number of phenolic OH excluding ortho intramolecular Hbond substituents is 1. The summed E-state index contributed by atoms with van der Waals surface area (Å²) in [6.45, 7) is 0.383. The average Bonchev–Trinajstić information content (AvgIpc) is 2.63. The summed E-state index contributed by atoms with van der Waals surface area (Å²) in [6.07, 6.45) is 1.49. The minimum atomic E-state index is -0.906. The lowest BCUT2D eigenvalue weighted by atomic mass is 10.1. The molecule has 0 radical (unpaired) electrons. The van der Waals surface area contributed by atoms with E-state index in [2.05, 4.69) is 10.3 Å². The quantitative estimate of drug-likeness (QED) is 0.370. The Balaban J connectivity index is 1.67. The molecular formula is C19H16N2O5. The highest BCUT2D eigenvalue weighted by molar-refractivity contribution is 6.01. The summed E-state index contributed by atoms with van der Waals surface area (Å²) in [7, 11) is 0. The van der Waals surface area contributed by atoms with E-state index in [0.29, 0.717) is 5.56 Å². The van der Waals surface area contributed by atoms with Crippen LogP contribution in [0.1, 0.15) is 15.9 Å². The lowest BCUT2D eigenvalue weighted by Crippen LogP contribution is -2.30. The third kappa shape index (κ3) is 3.56. The number of rotatable bonds is 5. The molecule has 0 saturated heterocycles. The number of aliphatic imine (C=N–C) groups is 1. The van der Waals surface area contributed by atoms with Gasteiger partial charge in [-0.25, -0.2) is 4.79 Å². The fraction of sp³-hybridized carbons (Fsp3) is 0.105. The first kappa shape index (κ1) is 17.2. The molecule has 0 unspecified atom stereocenters. The van der Waals surface area contributed by atoms with Gasteiger partial charge in [0, 0.05) is 18.3 Å². The molecule has 0 atom stereocenters. The number of benzene rings is 2. The van der Waals surface area contributed by atoms with Crippen LogP contribution >= 0.6 is 0 Å². The van der Waals surface area contributed by atoms with Crippen LogP contribution in [0.15, 0.2) is 62.7 Å². The molecule has 0 spiro atoms. The molecule has 1 heterocycles. The number of nitrogens with zero attached hydrogens (tertiary/aromatic N) is 1. The van der Waals surface area contributed by atoms with Crippen LogP contribution < -0.4 is 10.9 Å². The van der Waals surface area contributed by atoms with Gasteiger partial charge in [0.1, 0.15) is 17.1 Å². The zero-order chi connectivity index (χ0) is 18.5. The Kier molecular flexibility index (Phi) is 4.98. The number of phenols is 1. The summed E-state index contributed by atoms with van der Waals surface area (Å²) in [4.78, 5) is 28.3. The van der Waals surface area contributed by atoms with Crippen LogP contribution in [0.2, 0.25) is 0 Å². The van der Waals surface area contributed by atoms with Gasteiger partial charge in [-0.15, -0.1) is 0 Å². The minimum absolute atomic E-state index is 0.110. The summed E-state index contributed by atoms with van der Waals surface area (Å²) in [5, 5.41) is 22.6. The molecule has 7 nitrogen and oxygen atoms in total. The van der Waals surface area contributed by atoms with E-state index in [1.165, 1.54) is 12.3 Å². The van der Waals surface area contributed by atoms with Gasteiger partial charge in [-0.1, -0.05) is 24.3 Å². The molecule has 0 saturated carbocycles. The largest absolute Gasteiger partial charge is 0.507 e. The first-order valence-electron chi connectivity index (χ1n) is 7.89. The van der Waals surface area contributed by atoms with E-state index in [4.69, 9.17) is 4.42 Å². The maximum Gasteiger partial charge on any atom is 0.353 e. The number of carbonyl (C=O) groups excluding carboxylic acids is 1. The highest BCUT2D eigenvalue weighted by atomic mass is 16.4. The predicted molar refractivity (Wildman–Crippen MR) is 97.0 cm³/mol. The van der Waals surface area contributed by atoms with Crippen LogP contribution in [0.3, 0.4) is 0 Å². The Morgan fingerprint density at radius 2 is 1.85 bits per heavy atom. The highest BCUT2D eigenvalue weighted by Crippen LogP contribution is 2.25. The molecule has 1 aromatic heterocycles. The van der Waals surface area contributed by atoms with E-state index in [1.54, 1.807) is 42.5 Å². The molecule has 26 heavy (non-hydrogen) atoms. The van der Waals surface area contributed by atoms with E-state index in [9.17, 15) is 19.8 Å². The second kappa shape index (κ2) is 7.52. The van der Waals surface area contributed by atoms with E-state index in [-0.39, 0.29) is 29.8 Å². The lowest BCUT2D eigenvalue weighted by molar-refractivity contribution is 0.0948. The van der Waals surface area contributed by atoms with Crippen LogP contribution in [-0.4, -0.2) is 35.4 Å². The number of para-hydroxylation sites is 2. The highest BCUT2D eigenvalue weighted by Gasteiger charge is 2.20. The summed E-state index contributed by atoms with van der Waals surface area (Å²) < 4.78 is 5.06. The molecule has 0 aliphatic heterocycles. The van der Waals surface area contributed by atoms with Crippen molar-refractivity contribution in [3.05, 3.63) is 70.1 Å². The lowest BCUT2D eigenvalue weighted by Gasteiger charge is -2.06. The number of hydrogen-bond donors (Lipinski definition) is 3. The molecule has 3 N–H and O–H groups in total. The van der Waals surface area contributed by atoms with Crippen molar-refractivity contribution in [2.45, 2.75) is 0 Å². The molecule has 1 amide bonds. The zero-order valence-corrected chi connectivity index (χ0v) is 13.7. The van der Waals surface area contributed by atoms with Crippen molar-refractivity contribution in [3.63, 3.8) is 0 Å². The average molecular weight is 352 g/mol. The van der Waals surface area contributed by atoms with Crippen LogP contribution in [0.25, 0.3) is 11.0 Å². The van der Waals surface area contributed by atoms with E-state index in [0.717, 1.165) is 0 Å². The minimum Gasteiger partial charge on any atom is -0.507 e. The van der Waals surface area contributed by atoms with Crippen molar-refractivity contribution in [2.75, 3.05) is 13.1 Å². The Morgan fingerprint density at radius 3 is 2.65 bits per heavy atom. The number of carbonyl (C=O) groups is 1. The van der Waals surface area contributed by atoms with Crippen LogP contribution in [0.5, 0.6) is 11.5 Å². The molecule has 3 rings (SSSR count). The molecule has 132 valence electrons. The van der Waals surface area contributed by atoms with E-state index < -0.39 is 22.8 Å². The van der Waals surface area contributed by atoms with Gasteiger partial charge in [0.05, 0.1) is 11.9 Å². The summed E-state index contributed by atoms with van der Waals surface area (Å²) >= 11 is 0. The van der Waals surface area contributed by atoms with Crippen molar-refractivity contribution in [1.82, 2.24) is 5.32 Å².